The second kappa shape index (κ2) is 6.74. The molecule has 106 valence electrons. The summed E-state index contributed by atoms with van der Waals surface area (Å²) in [5.74, 6) is 1.13. The van der Waals surface area contributed by atoms with Gasteiger partial charge < -0.3 is 5.11 Å². The predicted molar refractivity (Wildman–Crippen MR) is 77.9 cm³/mol. The van der Waals surface area contributed by atoms with E-state index in [9.17, 15) is 8.42 Å². The Bertz CT molecular complexity index is 493. The monoisotopic (exact) mass is 301 g/mol. The Morgan fingerprint density at radius 2 is 2.05 bits per heavy atom. The molecular formula is C13H19NO3S2. The van der Waals surface area contributed by atoms with E-state index in [0.717, 1.165) is 17.7 Å². The van der Waals surface area contributed by atoms with Gasteiger partial charge in [0.05, 0.1) is 4.90 Å². The molecular weight excluding hydrogens is 282 g/mol. The van der Waals surface area contributed by atoms with Crippen LogP contribution in [-0.2, 0) is 16.4 Å². The molecule has 0 aromatic heterocycles. The van der Waals surface area contributed by atoms with Crippen molar-refractivity contribution in [1.82, 2.24) is 4.72 Å². The molecule has 6 heteroatoms. The Labute approximate surface area is 118 Å². The average Bonchev–Trinajstić information content (AvgIpc) is 2.91. The zero-order chi connectivity index (χ0) is 13.7. The summed E-state index contributed by atoms with van der Waals surface area (Å²) < 4.78 is 26.8. The molecule has 1 heterocycles. The average molecular weight is 301 g/mol. The molecule has 1 unspecified atom stereocenters. The highest BCUT2D eigenvalue weighted by Crippen LogP contribution is 2.25. The topological polar surface area (TPSA) is 66.4 Å². The first-order chi connectivity index (χ1) is 9.12. The van der Waals surface area contributed by atoms with Crippen molar-refractivity contribution in [2.45, 2.75) is 29.4 Å². The Hall–Kier alpha value is -0.560. The van der Waals surface area contributed by atoms with Crippen molar-refractivity contribution >= 4 is 21.8 Å². The molecule has 0 amide bonds. The summed E-state index contributed by atoms with van der Waals surface area (Å²) in [5.41, 5.74) is 0.938. The van der Waals surface area contributed by atoms with Crippen LogP contribution in [-0.4, -0.2) is 37.7 Å². The molecule has 19 heavy (non-hydrogen) atoms. The summed E-state index contributed by atoms with van der Waals surface area (Å²) in [6, 6.07) is 6.68. The van der Waals surface area contributed by atoms with Crippen LogP contribution in [0.15, 0.2) is 29.2 Å². The van der Waals surface area contributed by atoms with Gasteiger partial charge in [-0.3, -0.25) is 0 Å². The fraction of sp³-hybridized carbons (Fsp3) is 0.538. The van der Waals surface area contributed by atoms with Gasteiger partial charge in [0.2, 0.25) is 10.0 Å². The smallest absolute Gasteiger partial charge is 0.240 e. The highest BCUT2D eigenvalue weighted by Gasteiger charge is 2.19. The quantitative estimate of drug-likeness (QED) is 0.833. The van der Waals surface area contributed by atoms with Crippen LogP contribution >= 0.6 is 11.8 Å². The van der Waals surface area contributed by atoms with Gasteiger partial charge in [-0.25, -0.2) is 13.1 Å². The SMILES string of the molecule is O=S(=O)(NCC1CCCS1)c1ccc(CCO)cc1. The maximum Gasteiger partial charge on any atom is 0.240 e. The van der Waals surface area contributed by atoms with Gasteiger partial charge in [-0.05, 0) is 42.7 Å². The zero-order valence-electron chi connectivity index (χ0n) is 10.7. The summed E-state index contributed by atoms with van der Waals surface area (Å²) in [6.45, 7) is 0.578. The van der Waals surface area contributed by atoms with Crippen molar-refractivity contribution in [2.24, 2.45) is 0 Å². The number of hydrogen-bond donors (Lipinski definition) is 2. The standard InChI is InChI=1S/C13H19NO3S2/c15-8-7-11-3-5-13(6-4-11)19(16,17)14-10-12-2-1-9-18-12/h3-6,12,14-15H,1-2,7-10H2. The van der Waals surface area contributed by atoms with Crippen LogP contribution in [0.2, 0.25) is 0 Å². The Balaban J connectivity index is 1.97. The molecule has 0 saturated carbocycles. The summed E-state index contributed by atoms with van der Waals surface area (Å²) in [7, 11) is -3.41. The lowest BCUT2D eigenvalue weighted by atomic mass is 10.2. The van der Waals surface area contributed by atoms with Crippen molar-refractivity contribution < 1.29 is 13.5 Å². The molecule has 0 spiro atoms. The second-order valence-corrected chi connectivity index (χ2v) is 7.78. The third-order valence-electron chi connectivity index (χ3n) is 3.16. The lowest BCUT2D eigenvalue weighted by Gasteiger charge is -2.11. The van der Waals surface area contributed by atoms with Crippen LogP contribution in [0.4, 0.5) is 0 Å². The normalized spacial score (nSPS) is 19.7. The van der Waals surface area contributed by atoms with Crippen molar-refractivity contribution in [2.75, 3.05) is 18.9 Å². The molecule has 1 aliphatic rings. The summed E-state index contributed by atoms with van der Waals surface area (Å²) >= 11 is 1.83. The molecule has 2 N–H and O–H groups in total. The zero-order valence-corrected chi connectivity index (χ0v) is 12.3. The van der Waals surface area contributed by atoms with E-state index >= 15 is 0 Å². The van der Waals surface area contributed by atoms with Gasteiger partial charge in [-0.1, -0.05) is 12.1 Å². The summed E-state index contributed by atoms with van der Waals surface area (Å²) in [5, 5.41) is 9.23. The van der Waals surface area contributed by atoms with Crippen molar-refractivity contribution in [1.29, 1.82) is 0 Å². The first-order valence-corrected chi connectivity index (χ1v) is 8.96. The fourth-order valence-electron chi connectivity index (χ4n) is 2.06. The number of nitrogens with one attached hydrogen (secondary N) is 1. The number of aliphatic hydroxyl groups excluding tert-OH is 1. The number of thioether (sulfide) groups is 1. The van der Waals surface area contributed by atoms with Gasteiger partial charge in [0.1, 0.15) is 0 Å². The molecule has 0 aliphatic carbocycles. The lowest BCUT2D eigenvalue weighted by Crippen LogP contribution is -2.29. The number of benzene rings is 1. The van der Waals surface area contributed by atoms with Crippen molar-refractivity contribution in [3.8, 4) is 0 Å². The predicted octanol–water partition coefficient (Wildman–Crippen LogP) is 1.40. The second-order valence-electron chi connectivity index (χ2n) is 4.60. The van der Waals surface area contributed by atoms with Crippen molar-refractivity contribution in [3.05, 3.63) is 29.8 Å². The van der Waals surface area contributed by atoms with E-state index in [4.69, 9.17) is 5.11 Å². The van der Waals surface area contributed by atoms with Crippen LogP contribution in [0.1, 0.15) is 18.4 Å². The van der Waals surface area contributed by atoms with E-state index in [1.807, 2.05) is 11.8 Å². The van der Waals surface area contributed by atoms with E-state index in [1.54, 1.807) is 24.3 Å². The minimum absolute atomic E-state index is 0.0727. The molecule has 1 aliphatic heterocycles. The van der Waals surface area contributed by atoms with Gasteiger partial charge in [-0.15, -0.1) is 0 Å². The number of aliphatic hydroxyl groups is 1. The van der Waals surface area contributed by atoms with E-state index in [1.165, 1.54) is 6.42 Å². The molecule has 1 fully saturated rings. The van der Waals surface area contributed by atoms with E-state index in [0.29, 0.717) is 18.2 Å². The molecule has 0 bridgehead atoms. The molecule has 1 saturated heterocycles. The van der Waals surface area contributed by atoms with E-state index in [2.05, 4.69) is 4.72 Å². The summed E-state index contributed by atoms with van der Waals surface area (Å²) in [4.78, 5) is 0.289. The first kappa shape index (κ1) is 14.8. The summed E-state index contributed by atoms with van der Waals surface area (Å²) in [6.07, 6.45) is 2.81. The molecule has 1 aromatic carbocycles. The third-order valence-corrected chi connectivity index (χ3v) is 6.00. The maximum absolute atomic E-state index is 12.1. The van der Waals surface area contributed by atoms with Gasteiger partial charge in [0, 0.05) is 18.4 Å². The van der Waals surface area contributed by atoms with Gasteiger partial charge >= 0.3 is 0 Å². The maximum atomic E-state index is 12.1. The highest BCUT2D eigenvalue weighted by atomic mass is 32.2. The Kier molecular flexibility index (Phi) is 5.27. The first-order valence-electron chi connectivity index (χ1n) is 6.43. The minimum Gasteiger partial charge on any atom is -0.396 e. The Morgan fingerprint density at radius 3 is 2.63 bits per heavy atom. The third kappa shape index (κ3) is 4.21. The largest absolute Gasteiger partial charge is 0.396 e. The number of rotatable bonds is 6. The van der Waals surface area contributed by atoms with Crippen molar-refractivity contribution in [3.63, 3.8) is 0 Å². The van der Waals surface area contributed by atoms with Crippen LogP contribution < -0.4 is 4.72 Å². The van der Waals surface area contributed by atoms with Crippen LogP contribution in [0.5, 0.6) is 0 Å². The van der Waals surface area contributed by atoms with Gasteiger partial charge in [0.15, 0.2) is 0 Å². The van der Waals surface area contributed by atoms with E-state index in [-0.39, 0.29) is 11.5 Å². The fourth-order valence-corrected chi connectivity index (χ4v) is 4.44. The number of sulfonamides is 1. The lowest BCUT2D eigenvalue weighted by molar-refractivity contribution is 0.299. The molecule has 0 radical (unpaired) electrons. The van der Waals surface area contributed by atoms with Crippen LogP contribution in [0.3, 0.4) is 0 Å². The Morgan fingerprint density at radius 1 is 1.32 bits per heavy atom. The van der Waals surface area contributed by atoms with E-state index < -0.39 is 10.0 Å². The van der Waals surface area contributed by atoms with Gasteiger partial charge in [0.25, 0.3) is 0 Å². The van der Waals surface area contributed by atoms with Crippen LogP contribution in [0, 0.1) is 0 Å². The minimum atomic E-state index is -3.41. The van der Waals surface area contributed by atoms with Crippen LogP contribution in [0.25, 0.3) is 0 Å². The molecule has 1 aromatic rings. The molecule has 4 nitrogen and oxygen atoms in total. The molecule has 1 atom stereocenters. The van der Waals surface area contributed by atoms with Gasteiger partial charge in [-0.2, -0.15) is 11.8 Å². The highest BCUT2D eigenvalue weighted by molar-refractivity contribution is 8.00. The molecule has 2 rings (SSSR count). The number of hydrogen-bond acceptors (Lipinski definition) is 4.